The lowest BCUT2D eigenvalue weighted by Gasteiger charge is -2.16. The number of rotatable bonds is 4. The number of halogens is 2. The Labute approximate surface area is 174 Å². The fourth-order valence-corrected chi connectivity index (χ4v) is 4.46. The first kappa shape index (κ1) is 19.6. The molecule has 3 aromatic carbocycles. The number of hydrogen-bond acceptors (Lipinski definition) is 3. The molecule has 0 bridgehead atoms. The first-order valence-corrected chi connectivity index (χ1v) is 10.8. The van der Waals surface area contributed by atoms with E-state index < -0.39 is 10.0 Å². The van der Waals surface area contributed by atoms with E-state index in [0.29, 0.717) is 20.2 Å². The Balaban J connectivity index is 2.08. The van der Waals surface area contributed by atoms with E-state index in [9.17, 15) is 13.5 Å². The highest BCUT2D eigenvalue weighted by atomic mass is 79.9. The molecule has 0 unspecified atom stereocenters. The minimum atomic E-state index is -3.92. The molecule has 0 saturated heterocycles. The van der Waals surface area contributed by atoms with Crippen molar-refractivity contribution in [3.8, 4) is 5.75 Å². The Morgan fingerprint density at radius 3 is 1.96 bits per heavy atom. The van der Waals surface area contributed by atoms with Gasteiger partial charge in [0.2, 0.25) is 0 Å². The van der Waals surface area contributed by atoms with Crippen LogP contribution in [0, 0.1) is 0 Å². The minimum Gasteiger partial charge on any atom is -0.871 e. The fourth-order valence-electron chi connectivity index (χ4n) is 2.28. The molecule has 0 aromatic heterocycles. The van der Waals surface area contributed by atoms with Gasteiger partial charge in [0.15, 0.2) is 5.84 Å². The summed E-state index contributed by atoms with van der Waals surface area (Å²) in [6, 6.07) is 20.0. The number of nitrogens with one attached hydrogen (secondary N) is 1. The standard InChI is InChI=1S/C19H14Br2N2O3S/c20-16-11-14(12-17(21)18(16)24)22-19(13-7-3-1-4-8-13)23-27(25,26)15-9-5-2-6-10-15/h1-12,24H,(H,22,23)/p-1. The van der Waals surface area contributed by atoms with Crippen molar-refractivity contribution < 1.29 is 13.5 Å². The van der Waals surface area contributed by atoms with Crippen LogP contribution in [0.1, 0.15) is 5.56 Å². The van der Waals surface area contributed by atoms with Crippen LogP contribution in [-0.4, -0.2) is 14.3 Å². The predicted molar refractivity (Wildman–Crippen MR) is 112 cm³/mol. The predicted octanol–water partition coefficient (Wildman–Crippen LogP) is 4.53. The summed E-state index contributed by atoms with van der Waals surface area (Å²) in [5, 5.41) is 14.8. The maximum atomic E-state index is 12.7. The van der Waals surface area contributed by atoms with Gasteiger partial charge in [-0.15, -0.1) is 4.40 Å². The molecule has 0 saturated carbocycles. The molecule has 8 heteroatoms. The smallest absolute Gasteiger partial charge is 0.284 e. The van der Waals surface area contributed by atoms with Crippen molar-refractivity contribution in [1.82, 2.24) is 0 Å². The lowest BCUT2D eigenvalue weighted by atomic mass is 10.2. The fraction of sp³-hybridized carbons (Fsp3) is 0. The Morgan fingerprint density at radius 1 is 0.889 bits per heavy atom. The quantitative estimate of drug-likeness (QED) is 0.414. The van der Waals surface area contributed by atoms with Crippen molar-refractivity contribution in [3.05, 3.63) is 87.3 Å². The van der Waals surface area contributed by atoms with Gasteiger partial charge < -0.3 is 10.4 Å². The van der Waals surface area contributed by atoms with Crippen molar-refractivity contribution in [1.29, 1.82) is 0 Å². The van der Waals surface area contributed by atoms with E-state index in [1.807, 2.05) is 6.07 Å². The maximum Gasteiger partial charge on any atom is 0.284 e. The molecular formula is C19H13Br2N2O3S-. The van der Waals surface area contributed by atoms with Gasteiger partial charge in [0.05, 0.1) is 4.90 Å². The average molecular weight is 509 g/mol. The molecule has 5 nitrogen and oxygen atoms in total. The molecule has 3 rings (SSSR count). The van der Waals surface area contributed by atoms with Crippen LogP contribution in [0.15, 0.2) is 91.0 Å². The molecule has 0 amide bonds. The van der Waals surface area contributed by atoms with Gasteiger partial charge in [0.25, 0.3) is 10.0 Å². The van der Waals surface area contributed by atoms with E-state index in [4.69, 9.17) is 0 Å². The molecule has 0 aliphatic rings. The summed E-state index contributed by atoms with van der Waals surface area (Å²) < 4.78 is 30.1. The summed E-state index contributed by atoms with van der Waals surface area (Å²) >= 11 is 6.40. The van der Waals surface area contributed by atoms with Crippen LogP contribution in [0.3, 0.4) is 0 Å². The van der Waals surface area contributed by atoms with Crippen LogP contribution < -0.4 is 10.4 Å². The van der Waals surface area contributed by atoms with Gasteiger partial charge in [-0.3, -0.25) is 0 Å². The second-order valence-electron chi connectivity index (χ2n) is 5.49. The molecule has 0 atom stereocenters. The highest BCUT2D eigenvalue weighted by molar-refractivity contribution is 9.11. The number of nitrogens with zero attached hydrogens (tertiary/aromatic N) is 1. The molecule has 0 aliphatic heterocycles. The van der Waals surface area contributed by atoms with Crippen LogP contribution in [0.5, 0.6) is 5.75 Å². The Hall–Kier alpha value is -2.16. The molecule has 0 radical (unpaired) electrons. The summed E-state index contributed by atoms with van der Waals surface area (Å²) in [7, 11) is -3.92. The van der Waals surface area contributed by atoms with Gasteiger partial charge in [-0.1, -0.05) is 86.1 Å². The second-order valence-corrected chi connectivity index (χ2v) is 8.80. The topological polar surface area (TPSA) is 81.6 Å². The number of hydrogen-bond donors (Lipinski definition) is 1. The Kier molecular flexibility index (Phi) is 5.98. The van der Waals surface area contributed by atoms with Gasteiger partial charge in [-0.05, 0) is 24.3 Å². The molecule has 0 aliphatic carbocycles. The summed E-state index contributed by atoms with van der Waals surface area (Å²) in [5.74, 6) is -0.0486. The van der Waals surface area contributed by atoms with Crippen LogP contribution in [0.2, 0.25) is 0 Å². The Bertz CT molecular complexity index is 1060. The minimum absolute atomic E-state index is 0.0949. The molecular weight excluding hydrogens is 496 g/mol. The molecule has 0 fully saturated rings. The van der Waals surface area contributed by atoms with Gasteiger partial charge >= 0.3 is 0 Å². The van der Waals surface area contributed by atoms with Crippen molar-refractivity contribution >= 4 is 53.4 Å². The Morgan fingerprint density at radius 2 is 1.41 bits per heavy atom. The summed E-state index contributed by atoms with van der Waals surface area (Å²) in [5.41, 5.74) is 1.11. The van der Waals surface area contributed by atoms with E-state index in [0.717, 1.165) is 0 Å². The van der Waals surface area contributed by atoms with Crippen LogP contribution in [0.25, 0.3) is 0 Å². The summed E-state index contributed by atoms with van der Waals surface area (Å²) in [6.07, 6.45) is 0. The van der Waals surface area contributed by atoms with Gasteiger partial charge in [-0.25, -0.2) is 0 Å². The molecule has 1 N–H and O–H groups in total. The maximum absolute atomic E-state index is 12.7. The van der Waals surface area contributed by atoms with Crippen molar-refractivity contribution in [2.75, 3.05) is 5.32 Å². The van der Waals surface area contributed by atoms with E-state index in [1.54, 1.807) is 54.6 Å². The SMILES string of the molecule is O=S(=O)(N=C(Nc1cc(Br)c([O-])c(Br)c1)c1ccccc1)c1ccccc1. The average Bonchev–Trinajstić information content (AvgIpc) is 2.67. The summed E-state index contributed by atoms with van der Waals surface area (Å²) in [6.45, 7) is 0. The van der Waals surface area contributed by atoms with Gasteiger partial charge in [0, 0.05) is 20.2 Å². The zero-order chi connectivity index (χ0) is 19.4. The highest BCUT2D eigenvalue weighted by Gasteiger charge is 2.16. The first-order chi connectivity index (χ1) is 12.9. The third-order valence-corrected chi connectivity index (χ3v) is 6.03. The molecule has 138 valence electrons. The normalized spacial score (nSPS) is 12.0. The number of anilines is 1. The van der Waals surface area contributed by atoms with E-state index >= 15 is 0 Å². The molecule has 0 heterocycles. The lowest BCUT2D eigenvalue weighted by molar-refractivity contribution is -0.270. The number of sulfonamides is 1. The van der Waals surface area contributed by atoms with E-state index in [1.165, 1.54) is 12.1 Å². The van der Waals surface area contributed by atoms with Crippen LogP contribution in [0.4, 0.5) is 5.69 Å². The molecule has 27 heavy (non-hydrogen) atoms. The zero-order valence-electron chi connectivity index (χ0n) is 13.8. The van der Waals surface area contributed by atoms with Crippen LogP contribution in [-0.2, 0) is 10.0 Å². The number of amidine groups is 1. The largest absolute Gasteiger partial charge is 0.871 e. The summed E-state index contributed by atoms with van der Waals surface area (Å²) in [4.78, 5) is 0.0949. The highest BCUT2D eigenvalue weighted by Crippen LogP contribution is 2.33. The van der Waals surface area contributed by atoms with Crippen LogP contribution >= 0.6 is 31.9 Å². The molecule has 0 spiro atoms. The zero-order valence-corrected chi connectivity index (χ0v) is 17.8. The lowest BCUT2D eigenvalue weighted by Crippen LogP contribution is -2.16. The number of benzene rings is 3. The van der Waals surface area contributed by atoms with Crippen molar-refractivity contribution in [2.45, 2.75) is 4.90 Å². The third-order valence-electron chi connectivity index (χ3n) is 3.56. The molecule has 3 aromatic rings. The van der Waals surface area contributed by atoms with Crippen molar-refractivity contribution in [3.63, 3.8) is 0 Å². The second kappa shape index (κ2) is 8.24. The monoisotopic (exact) mass is 507 g/mol. The third kappa shape index (κ3) is 4.77. The van der Waals surface area contributed by atoms with E-state index in [-0.39, 0.29) is 16.5 Å². The van der Waals surface area contributed by atoms with E-state index in [2.05, 4.69) is 41.6 Å². The van der Waals surface area contributed by atoms with Gasteiger partial charge in [0.1, 0.15) is 0 Å². The first-order valence-electron chi connectivity index (χ1n) is 7.75. The van der Waals surface area contributed by atoms with Crippen molar-refractivity contribution in [2.24, 2.45) is 4.40 Å². The van der Waals surface area contributed by atoms with Gasteiger partial charge in [-0.2, -0.15) is 8.42 Å².